The molecule has 2 fully saturated rings. The van der Waals surface area contributed by atoms with Gasteiger partial charge in [-0.1, -0.05) is 6.92 Å². The quantitative estimate of drug-likeness (QED) is 0.362. The Bertz CT molecular complexity index is 1680. The lowest BCUT2D eigenvalue weighted by molar-refractivity contribution is 0.102. The fourth-order valence-corrected chi connectivity index (χ4v) is 6.74. The van der Waals surface area contributed by atoms with Crippen LogP contribution in [0, 0.1) is 34.5 Å². The van der Waals surface area contributed by atoms with Gasteiger partial charge in [-0.2, -0.15) is 10.5 Å². The van der Waals surface area contributed by atoms with E-state index in [0.29, 0.717) is 34.8 Å². The molecule has 41 heavy (non-hydrogen) atoms. The van der Waals surface area contributed by atoms with Gasteiger partial charge in [-0.15, -0.1) is 10.2 Å². The molecule has 1 aliphatic carbocycles. The highest BCUT2D eigenvalue weighted by Crippen LogP contribution is 2.53. The molecule has 1 saturated carbocycles. The van der Waals surface area contributed by atoms with Gasteiger partial charge in [0.05, 0.1) is 28.7 Å². The van der Waals surface area contributed by atoms with Gasteiger partial charge in [0.25, 0.3) is 5.91 Å². The number of carbonyl (C=O) groups excluding carboxylic acids is 1. The molecule has 4 aromatic rings. The smallest absolute Gasteiger partial charge is 0.259 e. The molecule has 1 amide bonds. The van der Waals surface area contributed by atoms with Crippen molar-refractivity contribution in [1.82, 2.24) is 29.0 Å². The van der Waals surface area contributed by atoms with Crippen LogP contribution in [0.15, 0.2) is 49.2 Å². The third kappa shape index (κ3) is 5.07. The Morgan fingerprint density at radius 1 is 1.22 bits per heavy atom. The van der Waals surface area contributed by atoms with Crippen molar-refractivity contribution in [3.63, 3.8) is 0 Å². The van der Waals surface area contributed by atoms with Crippen LogP contribution in [-0.4, -0.2) is 48.0 Å². The molecule has 0 bridgehead atoms. The summed E-state index contributed by atoms with van der Waals surface area (Å²) in [6, 6.07) is 11.9. The number of amides is 1. The maximum absolute atomic E-state index is 13.8. The number of fused-ring (bicyclic) bond motifs is 1. The molecule has 1 aliphatic heterocycles. The lowest BCUT2D eigenvalue weighted by atomic mass is 9.57. The van der Waals surface area contributed by atoms with Crippen LogP contribution in [0.25, 0.3) is 5.65 Å². The molecule has 2 aliphatic rings. The largest absolute Gasteiger partial charge is 0.322 e. The Hall–Kier alpha value is -4.54. The van der Waals surface area contributed by atoms with Crippen molar-refractivity contribution in [1.29, 1.82) is 10.5 Å². The van der Waals surface area contributed by atoms with Gasteiger partial charge in [0, 0.05) is 50.8 Å². The van der Waals surface area contributed by atoms with Gasteiger partial charge in [0.1, 0.15) is 17.8 Å². The van der Waals surface area contributed by atoms with Crippen molar-refractivity contribution < 1.29 is 4.79 Å². The van der Waals surface area contributed by atoms with Gasteiger partial charge in [-0.3, -0.25) is 9.69 Å². The Morgan fingerprint density at radius 2 is 2.07 bits per heavy atom. The normalized spacial score (nSPS) is 22.5. The van der Waals surface area contributed by atoms with Crippen molar-refractivity contribution >= 4 is 17.2 Å². The zero-order valence-corrected chi connectivity index (χ0v) is 23.4. The van der Waals surface area contributed by atoms with Crippen molar-refractivity contribution in [2.24, 2.45) is 18.9 Å². The molecular weight excluding hydrogens is 514 g/mol. The van der Waals surface area contributed by atoms with Crippen LogP contribution >= 0.6 is 0 Å². The summed E-state index contributed by atoms with van der Waals surface area (Å²) in [5.74, 6) is 1.42. The summed E-state index contributed by atoms with van der Waals surface area (Å²) in [7, 11) is 1.90. The number of aryl methyl sites for hydroxylation is 1. The van der Waals surface area contributed by atoms with Crippen molar-refractivity contribution in [3.05, 3.63) is 77.3 Å². The maximum atomic E-state index is 13.8. The van der Waals surface area contributed by atoms with E-state index in [-0.39, 0.29) is 11.8 Å². The highest BCUT2D eigenvalue weighted by molar-refractivity contribution is 6.08. The molecule has 1 atom stereocenters. The van der Waals surface area contributed by atoms with E-state index >= 15 is 0 Å². The average Bonchev–Trinajstić information content (AvgIpc) is 3.59. The third-order valence-corrected chi connectivity index (χ3v) is 8.60. The van der Waals surface area contributed by atoms with Crippen LogP contribution in [0.3, 0.4) is 0 Å². The summed E-state index contributed by atoms with van der Waals surface area (Å²) >= 11 is 0. The minimum absolute atomic E-state index is 0.236. The summed E-state index contributed by atoms with van der Waals surface area (Å²) in [5.41, 5.74) is 3.51. The molecule has 6 rings (SSSR count). The van der Waals surface area contributed by atoms with Gasteiger partial charge >= 0.3 is 0 Å². The molecule has 10 nitrogen and oxygen atoms in total. The number of benzene rings is 1. The fourth-order valence-electron chi connectivity index (χ4n) is 6.74. The van der Waals surface area contributed by atoms with Crippen LogP contribution < -0.4 is 5.32 Å². The van der Waals surface area contributed by atoms with E-state index in [4.69, 9.17) is 0 Å². The van der Waals surface area contributed by atoms with Gasteiger partial charge in [-0.05, 0) is 79.5 Å². The SMILES string of the molecule is C[C@H]1CCCN(Cc2cc(C(=O)Nc3cc(C#N)cc(C4(c5nncn5C)CC(CC#N)C4)c3)c3nccn3c2)C1. The average molecular weight is 548 g/mol. The standard InChI is InChI=1S/C31H33N9O/c1-21-4-3-8-39(17-21)18-24-12-27(28-34-7-9-40(28)19-24)29(41)36-26-11-23(16-33)10-25(13-26)31(14-22(15-31)5-6-32)30-37-35-20-38(30)2/h7,9-13,19-22H,3-5,8,14-15,17-18H2,1-2H3,(H,36,41)/t21-,22?,31?/m0/s1. The number of hydrogen-bond acceptors (Lipinski definition) is 7. The molecule has 208 valence electrons. The van der Waals surface area contributed by atoms with Crippen molar-refractivity contribution in [3.8, 4) is 12.1 Å². The number of rotatable bonds is 7. The summed E-state index contributed by atoms with van der Waals surface area (Å²) in [5, 5.41) is 30.7. The Morgan fingerprint density at radius 3 is 2.80 bits per heavy atom. The van der Waals surface area contributed by atoms with Gasteiger partial charge in [-0.25, -0.2) is 4.98 Å². The number of nitrogens with one attached hydrogen (secondary N) is 1. The molecule has 1 saturated heterocycles. The third-order valence-electron chi connectivity index (χ3n) is 8.60. The van der Waals surface area contributed by atoms with Crippen LogP contribution in [0.4, 0.5) is 5.69 Å². The van der Waals surface area contributed by atoms with E-state index in [9.17, 15) is 15.3 Å². The van der Waals surface area contributed by atoms with Crippen molar-refractivity contribution in [2.75, 3.05) is 18.4 Å². The zero-order valence-electron chi connectivity index (χ0n) is 23.4. The first-order chi connectivity index (χ1) is 19.9. The number of pyridine rings is 1. The second kappa shape index (κ2) is 10.8. The van der Waals surface area contributed by atoms with E-state index in [0.717, 1.165) is 49.4 Å². The lowest BCUT2D eigenvalue weighted by Gasteiger charge is -2.46. The number of likely N-dealkylation sites (tertiary alicyclic amines) is 1. The number of imidazole rings is 1. The van der Waals surface area contributed by atoms with Crippen molar-refractivity contribution in [2.45, 2.75) is 51.0 Å². The number of nitriles is 2. The second-order valence-electron chi connectivity index (χ2n) is 11.8. The molecule has 3 aromatic heterocycles. The van der Waals surface area contributed by atoms with E-state index in [1.165, 1.54) is 12.8 Å². The molecule has 0 spiro atoms. The number of hydrogen-bond donors (Lipinski definition) is 1. The monoisotopic (exact) mass is 547 g/mol. The number of anilines is 1. The number of aromatic nitrogens is 5. The number of nitrogens with zero attached hydrogens (tertiary/aromatic N) is 8. The van der Waals surface area contributed by atoms with Gasteiger partial charge in [0.15, 0.2) is 0 Å². The molecule has 10 heteroatoms. The van der Waals surface area contributed by atoms with Gasteiger partial charge < -0.3 is 14.3 Å². The molecule has 0 radical (unpaired) electrons. The summed E-state index contributed by atoms with van der Waals surface area (Å²) in [4.78, 5) is 20.7. The van der Waals surface area contributed by atoms with E-state index < -0.39 is 5.41 Å². The first-order valence-electron chi connectivity index (χ1n) is 14.1. The summed E-state index contributed by atoms with van der Waals surface area (Å²) in [6.07, 6.45) is 11.6. The Kier molecular flexibility index (Phi) is 7.02. The van der Waals surface area contributed by atoms with E-state index in [1.807, 2.05) is 46.6 Å². The predicted octanol–water partition coefficient (Wildman–Crippen LogP) is 4.43. The molecule has 1 aromatic carbocycles. The maximum Gasteiger partial charge on any atom is 0.259 e. The molecular formula is C31H33N9O. The number of piperidine rings is 1. The fraction of sp³-hybridized carbons (Fsp3) is 0.419. The zero-order chi connectivity index (χ0) is 28.6. The first-order valence-corrected chi connectivity index (χ1v) is 14.1. The number of carbonyl (C=O) groups is 1. The van der Waals surface area contributed by atoms with Crippen LogP contribution in [0.2, 0.25) is 0 Å². The highest BCUT2D eigenvalue weighted by atomic mass is 16.1. The minimum atomic E-state index is -0.485. The Balaban J connectivity index is 1.32. The summed E-state index contributed by atoms with van der Waals surface area (Å²) < 4.78 is 3.80. The van der Waals surface area contributed by atoms with Gasteiger partial charge in [0.2, 0.25) is 0 Å². The topological polar surface area (TPSA) is 128 Å². The van der Waals surface area contributed by atoms with Crippen LogP contribution in [-0.2, 0) is 19.0 Å². The second-order valence-corrected chi connectivity index (χ2v) is 11.8. The Labute approximate surface area is 239 Å². The van der Waals surface area contributed by atoms with E-state index in [2.05, 4.69) is 44.5 Å². The highest BCUT2D eigenvalue weighted by Gasteiger charge is 2.50. The molecule has 4 heterocycles. The first kappa shape index (κ1) is 26.7. The predicted molar refractivity (Wildman–Crippen MR) is 153 cm³/mol. The van der Waals surface area contributed by atoms with Crippen LogP contribution in [0.1, 0.15) is 71.9 Å². The van der Waals surface area contributed by atoms with Crippen LogP contribution in [0.5, 0.6) is 0 Å². The minimum Gasteiger partial charge on any atom is -0.322 e. The lowest BCUT2D eigenvalue weighted by Crippen LogP contribution is -2.44. The molecule has 0 unspecified atom stereocenters. The molecule has 1 N–H and O–H groups in total. The van der Waals surface area contributed by atoms with E-state index in [1.54, 1.807) is 18.6 Å². The summed E-state index contributed by atoms with van der Waals surface area (Å²) in [6.45, 7) is 5.17.